The molecule has 17 nitrogen and oxygen atoms in total. The summed E-state index contributed by atoms with van der Waals surface area (Å²) < 4.78 is 67.9. The molecule has 0 saturated carbocycles. The predicted octanol–water partition coefficient (Wildman–Crippen LogP) is 16.6. The van der Waals surface area contributed by atoms with E-state index in [0.717, 1.165) is 115 Å². The van der Waals surface area contributed by atoms with Gasteiger partial charge in [-0.3, -0.25) is 37.3 Å². The summed E-state index contributed by atoms with van der Waals surface area (Å²) >= 11 is 0. The first-order valence-electron chi connectivity index (χ1n) is 32.2. The van der Waals surface area contributed by atoms with Gasteiger partial charge in [0.15, 0.2) is 12.2 Å². The number of aliphatic hydroxyl groups excluding tert-OH is 1. The van der Waals surface area contributed by atoms with E-state index < -0.39 is 97.5 Å². The first kappa shape index (κ1) is 79.1. The number of ether oxygens (including phenoxy) is 4. The average Bonchev–Trinajstić information content (AvgIpc) is 3.41. The number of unbranched alkanes of at least 4 members (excludes halogenated alkanes) is 24. The summed E-state index contributed by atoms with van der Waals surface area (Å²) in [5.41, 5.74) is 0. The first-order chi connectivity index (χ1) is 38.6. The van der Waals surface area contributed by atoms with E-state index in [9.17, 15) is 43.2 Å². The Morgan fingerprint density at radius 2 is 0.593 bits per heavy atom. The summed E-state index contributed by atoms with van der Waals surface area (Å²) in [5, 5.41) is 10.5. The van der Waals surface area contributed by atoms with Gasteiger partial charge < -0.3 is 33.8 Å². The minimum Gasteiger partial charge on any atom is -0.462 e. The first-order valence-corrected chi connectivity index (χ1v) is 35.2. The number of hydrogen-bond acceptors (Lipinski definition) is 15. The monoisotopic (exact) mass is 1200 g/mol. The Morgan fingerprint density at radius 1 is 0.346 bits per heavy atom. The molecular formula is C62H120O17P2. The highest BCUT2D eigenvalue weighted by molar-refractivity contribution is 7.47. The summed E-state index contributed by atoms with van der Waals surface area (Å²) in [5.74, 6) is 0.696. The molecule has 0 heterocycles. The minimum atomic E-state index is -4.94. The summed E-state index contributed by atoms with van der Waals surface area (Å²) in [6.07, 6.45) is 31.0. The van der Waals surface area contributed by atoms with Crippen LogP contribution >= 0.6 is 15.6 Å². The molecule has 0 aliphatic carbocycles. The second-order valence-corrected chi connectivity index (χ2v) is 27.0. The zero-order valence-corrected chi connectivity index (χ0v) is 54.2. The molecule has 0 radical (unpaired) electrons. The highest BCUT2D eigenvalue weighted by Gasteiger charge is 2.30. The standard InChI is InChI=1S/C62H120O17P2/c1-9-55(8)41-33-25-19-21-27-35-43-60(65)73-49-58(79-62(67)45-37-29-17-13-15-23-31-39-53(4)5)51-77-81(70,71)75-47-56(63)46-74-80(68,69)76-50-57(48-72-59(64)42-34-26-20-18-24-32-40-54(6)7)78-61(66)44-36-28-16-12-10-11-14-22-30-38-52(2)3/h52-58,63H,9-51H2,1-8H3,(H,68,69)(H,70,71)/t55?,56-,57+,58+/m0/s1. The van der Waals surface area contributed by atoms with Crippen molar-refractivity contribution in [3.63, 3.8) is 0 Å². The zero-order chi connectivity index (χ0) is 60.4. The van der Waals surface area contributed by atoms with Crippen molar-refractivity contribution >= 4 is 39.5 Å². The van der Waals surface area contributed by atoms with Gasteiger partial charge in [-0.05, 0) is 49.4 Å². The third-order valence-corrected chi connectivity index (χ3v) is 16.3. The molecule has 480 valence electrons. The maximum atomic E-state index is 12.9. The van der Waals surface area contributed by atoms with Crippen LogP contribution in [0.5, 0.6) is 0 Å². The van der Waals surface area contributed by atoms with E-state index in [2.05, 4.69) is 55.4 Å². The van der Waals surface area contributed by atoms with Crippen molar-refractivity contribution < 1.29 is 80.2 Å². The lowest BCUT2D eigenvalue weighted by Crippen LogP contribution is -2.30. The molecule has 0 bridgehead atoms. The molecule has 0 spiro atoms. The van der Waals surface area contributed by atoms with Gasteiger partial charge in [0, 0.05) is 25.7 Å². The molecule has 0 aliphatic rings. The highest BCUT2D eigenvalue weighted by atomic mass is 31.2. The Kier molecular flexibility index (Phi) is 51.1. The fourth-order valence-corrected chi connectivity index (χ4v) is 10.6. The van der Waals surface area contributed by atoms with Crippen LogP contribution < -0.4 is 0 Å². The van der Waals surface area contributed by atoms with E-state index in [0.29, 0.717) is 37.5 Å². The highest BCUT2D eigenvalue weighted by Crippen LogP contribution is 2.45. The van der Waals surface area contributed by atoms with Gasteiger partial charge in [0.2, 0.25) is 0 Å². The summed E-state index contributed by atoms with van der Waals surface area (Å²) in [6.45, 7) is 13.9. The van der Waals surface area contributed by atoms with Crippen molar-refractivity contribution in [2.45, 2.75) is 311 Å². The van der Waals surface area contributed by atoms with E-state index in [1.807, 2.05) is 0 Å². The summed E-state index contributed by atoms with van der Waals surface area (Å²) in [4.78, 5) is 72.1. The number of phosphoric ester groups is 2. The minimum absolute atomic E-state index is 0.102. The number of phosphoric acid groups is 2. The van der Waals surface area contributed by atoms with Gasteiger partial charge in [-0.2, -0.15) is 0 Å². The fraction of sp³-hybridized carbons (Fsp3) is 0.935. The Labute approximate surface area is 492 Å². The number of hydrogen-bond donors (Lipinski definition) is 3. The molecule has 81 heavy (non-hydrogen) atoms. The van der Waals surface area contributed by atoms with Gasteiger partial charge in [0.1, 0.15) is 19.3 Å². The number of esters is 4. The number of aliphatic hydroxyl groups is 1. The van der Waals surface area contributed by atoms with Gasteiger partial charge in [-0.1, -0.05) is 242 Å². The Bertz CT molecular complexity index is 1630. The van der Waals surface area contributed by atoms with E-state index in [-0.39, 0.29) is 25.7 Å². The summed E-state index contributed by atoms with van der Waals surface area (Å²) in [6, 6.07) is 0. The molecule has 3 N–H and O–H groups in total. The third kappa shape index (κ3) is 55.7. The van der Waals surface area contributed by atoms with E-state index in [1.54, 1.807) is 0 Å². The van der Waals surface area contributed by atoms with Crippen LogP contribution in [0.2, 0.25) is 0 Å². The van der Waals surface area contributed by atoms with Crippen LogP contribution in [0.4, 0.5) is 0 Å². The largest absolute Gasteiger partial charge is 0.472 e. The van der Waals surface area contributed by atoms with Crippen molar-refractivity contribution in [2.24, 2.45) is 23.7 Å². The van der Waals surface area contributed by atoms with Crippen LogP contribution in [0, 0.1) is 23.7 Å². The van der Waals surface area contributed by atoms with Crippen molar-refractivity contribution in [1.29, 1.82) is 0 Å². The predicted molar refractivity (Wildman–Crippen MR) is 321 cm³/mol. The van der Waals surface area contributed by atoms with Gasteiger partial charge in [-0.25, -0.2) is 9.13 Å². The summed E-state index contributed by atoms with van der Waals surface area (Å²) in [7, 11) is -9.88. The maximum Gasteiger partial charge on any atom is 0.472 e. The van der Waals surface area contributed by atoms with Crippen LogP contribution in [0.15, 0.2) is 0 Å². The van der Waals surface area contributed by atoms with Gasteiger partial charge in [0.25, 0.3) is 0 Å². The van der Waals surface area contributed by atoms with Crippen LogP contribution in [-0.4, -0.2) is 96.7 Å². The fourth-order valence-electron chi connectivity index (χ4n) is 9.04. The molecule has 0 aromatic carbocycles. The maximum absolute atomic E-state index is 12.9. The quantitative estimate of drug-likeness (QED) is 0.0222. The molecule has 0 aromatic rings. The molecule has 6 atom stereocenters. The number of carbonyl (C=O) groups is 4. The van der Waals surface area contributed by atoms with E-state index in [1.165, 1.54) is 83.5 Å². The van der Waals surface area contributed by atoms with Gasteiger partial charge in [0.05, 0.1) is 26.4 Å². The molecular weight excluding hydrogens is 1080 g/mol. The normalized spacial score (nSPS) is 14.8. The van der Waals surface area contributed by atoms with Crippen molar-refractivity contribution in [2.75, 3.05) is 39.6 Å². The molecule has 0 aliphatic heterocycles. The van der Waals surface area contributed by atoms with E-state index in [4.69, 9.17) is 37.0 Å². The topological polar surface area (TPSA) is 237 Å². The Balaban J connectivity index is 5.25. The molecule has 0 saturated heterocycles. The van der Waals surface area contributed by atoms with Gasteiger partial charge in [-0.15, -0.1) is 0 Å². The lowest BCUT2D eigenvalue weighted by Gasteiger charge is -2.21. The number of carbonyl (C=O) groups excluding carboxylic acids is 4. The second kappa shape index (κ2) is 52.4. The van der Waals surface area contributed by atoms with E-state index >= 15 is 0 Å². The second-order valence-electron chi connectivity index (χ2n) is 24.1. The molecule has 19 heteroatoms. The van der Waals surface area contributed by atoms with Crippen molar-refractivity contribution in [1.82, 2.24) is 0 Å². The average molecular weight is 1200 g/mol. The van der Waals surface area contributed by atoms with Crippen molar-refractivity contribution in [3.05, 3.63) is 0 Å². The third-order valence-electron chi connectivity index (χ3n) is 14.4. The molecule has 0 fully saturated rings. The lowest BCUT2D eigenvalue weighted by molar-refractivity contribution is -0.161. The van der Waals surface area contributed by atoms with Crippen LogP contribution in [0.1, 0.15) is 293 Å². The molecule has 0 rings (SSSR count). The van der Waals surface area contributed by atoms with Crippen LogP contribution in [-0.2, 0) is 65.4 Å². The smallest absolute Gasteiger partial charge is 0.462 e. The SMILES string of the molecule is CCC(C)CCCCCCCCC(=O)OC[C@H](COP(=O)(O)OC[C@@H](O)COP(=O)(O)OC[C@@H](COC(=O)CCCCCCCCC(C)C)OC(=O)CCCCCCCCCCCC(C)C)OC(=O)CCCCCCCCCC(C)C. The van der Waals surface area contributed by atoms with Crippen LogP contribution in [0.3, 0.4) is 0 Å². The zero-order valence-electron chi connectivity index (χ0n) is 52.4. The van der Waals surface area contributed by atoms with Crippen LogP contribution in [0.25, 0.3) is 0 Å². The lowest BCUT2D eigenvalue weighted by atomic mass is 10.00. The van der Waals surface area contributed by atoms with Gasteiger partial charge >= 0.3 is 39.5 Å². The Morgan fingerprint density at radius 3 is 0.877 bits per heavy atom. The Hall–Kier alpha value is -1.94. The molecule has 0 aromatic heterocycles. The number of rotatable bonds is 59. The molecule has 3 unspecified atom stereocenters. The van der Waals surface area contributed by atoms with Crippen molar-refractivity contribution in [3.8, 4) is 0 Å². The molecule has 0 amide bonds.